The summed E-state index contributed by atoms with van der Waals surface area (Å²) in [7, 11) is 0. The van der Waals surface area contributed by atoms with E-state index in [1.807, 2.05) is 11.8 Å². The highest BCUT2D eigenvalue weighted by atomic mass is 16.6. The zero-order valence-electron chi connectivity index (χ0n) is 24.1. The van der Waals surface area contributed by atoms with E-state index in [0.29, 0.717) is 12.8 Å². The van der Waals surface area contributed by atoms with E-state index in [4.69, 9.17) is 18.9 Å². The Morgan fingerprint density at radius 2 is 1.35 bits per heavy atom. The lowest BCUT2D eigenvalue weighted by Crippen LogP contribution is -2.64. The molecule has 0 N–H and O–H groups in total. The van der Waals surface area contributed by atoms with Crippen LogP contribution in [0.1, 0.15) is 88.5 Å². The van der Waals surface area contributed by atoms with Crippen molar-refractivity contribution >= 4 is 23.7 Å². The highest BCUT2D eigenvalue weighted by Gasteiger charge is 2.52. The summed E-state index contributed by atoms with van der Waals surface area (Å²) in [6.07, 6.45) is 0.887. The van der Waals surface area contributed by atoms with Gasteiger partial charge >= 0.3 is 17.9 Å². The van der Waals surface area contributed by atoms with Gasteiger partial charge in [0.15, 0.2) is 30.3 Å². The van der Waals surface area contributed by atoms with E-state index in [0.717, 1.165) is 6.42 Å². The van der Waals surface area contributed by atoms with Gasteiger partial charge < -0.3 is 23.8 Å². The molecule has 9 nitrogen and oxygen atoms in total. The smallest absolute Gasteiger partial charge is 0.311 e. The number of allylic oxidation sites excluding steroid dienone is 1. The molecule has 5 atom stereocenters. The second kappa shape index (κ2) is 11.5. The third-order valence-corrected chi connectivity index (χ3v) is 6.19. The Labute approximate surface area is 221 Å². The van der Waals surface area contributed by atoms with Crippen molar-refractivity contribution in [2.24, 2.45) is 16.2 Å². The average molecular weight is 524 g/mol. The van der Waals surface area contributed by atoms with Gasteiger partial charge in [0.1, 0.15) is 0 Å². The first kappa shape index (κ1) is 30.8. The summed E-state index contributed by atoms with van der Waals surface area (Å²) in [5.41, 5.74) is -2.52. The minimum absolute atomic E-state index is 0.00133. The van der Waals surface area contributed by atoms with Crippen LogP contribution >= 0.6 is 0 Å². The number of ketones is 1. The molecule has 2 aliphatic rings. The molecule has 0 aromatic carbocycles. The van der Waals surface area contributed by atoms with Crippen LogP contribution in [0.15, 0.2) is 12.3 Å². The molecule has 1 saturated heterocycles. The summed E-state index contributed by atoms with van der Waals surface area (Å²) >= 11 is 0. The molecule has 0 spiro atoms. The molecular formula is C28H45NO8. The van der Waals surface area contributed by atoms with Crippen LogP contribution in [0, 0.1) is 16.2 Å². The molecule has 0 aromatic rings. The average Bonchev–Trinajstić information content (AvgIpc) is 2.74. The van der Waals surface area contributed by atoms with Crippen LogP contribution < -0.4 is 0 Å². The monoisotopic (exact) mass is 523 g/mol. The summed E-state index contributed by atoms with van der Waals surface area (Å²) in [4.78, 5) is 53.1. The van der Waals surface area contributed by atoms with Crippen LogP contribution in [-0.4, -0.2) is 65.8 Å². The van der Waals surface area contributed by atoms with E-state index in [2.05, 4.69) is 0 Å². The van der Waals surface area contributed by atoms with Gasteiger partial charge in [0.2, 0.25) is 0 Å². The van der Waals surface area contributed by atoms with E-state index < -0.39 is 58.7 Å². The summed E-state index contributed by atoms with van der Waals surface area (Å²) in [6, 6.07) is -0.184. The Hall–Kier alpha value is -2.42. The maximum absolute atomic E-state index is 13.1. The standard InChI is InChI=1S/C28H45NO8/c1-11-12-17-15-18(30)13-14-29(17)22-21(37-25(33)28(8,9)10)20(36-24(32)27(5,6)7)19(16-34-22)35-23(31)26(2,3)4/h13-14,17,19-22H,11-12,15-16H2,1-10H3/t17-,19+,20+,21-,22-/m0/s1. The van der Waals surface area contributed by atoms with Gasteiger partial charge in [-0.1, -0.05) is 13.3 Å². The van der Waals surface area contributed by atoms with Crippen LogP contribution in [0.4, 0.5) is 0 Å². The minimum Gasteiger partial charge on any atom is -0.455 e. The van der Waals surface area contributed by atoms with Gasteiger partial charge in [-0.25, -0.2) is 0 Å². The number of ether oxygens (including phenoxy) is 4. The number of rotatable bonds is 6. The van der Waals surface area contributed by atoms with Crippen molar-refractivity contribution in [1.82, 2.24) is 4.90 Å². The van der Waals surface area contributed by atoms with Gasteiger partial charge in [-0.2, -0.15) is 0 Å². The molecule has 9 heteroatoms. The molecule has 2 aliphatic heterocycles. The van der Waals surface area contributed by atoms with Gasteiger partial charge in [-0.3, -0.25) is 19.2 Å². The number of esters is 3. The fourth-order valence-corrected chi connectivity index (χ4v) is 3.87. The lowest BCUT2D eigenvalue weighted by Gasteiger charge is -2.48. The fourth-order valence-electron chi connectivity index (χ4n) is 3.87. The third-order valence-electron chi connectivity index (χ3n) is 6.19. The number of nitrogens with zero attached hydrogens (tertiary/aromatic N) is 1. The van der Waals surface area contributed by atoms with Gasteiger partial charge in [0.05, 0.1) is 22.9 Å². The van der Waals surface area contributed by atoms with Crippen molar-refractivity contribution in [3.8, 4) is 0 Å². The van der Waals surface area contributed by atoms with Gasteiger partial charge in [-0.05, 0) is 74.8 Å². The SMILES string of the molecule is CCC[C@H]1CC(=O)C=CN1[C@H]1OC[C@@H](OC(=O)C(C)(C)C)[C@@H](OC(=O)C(C)(C)C)[C@@H]1OC(=O)C(C)(C)C. The zero-order chi connectivity index (χ0) is 28.3. The summed E-state index contributed by atoms with van der Waals surface area (Å²) in [5, 5.41) is 0. The molecule has 0 aromatic heterocycles. The molecule has 1 fully saturated rings. The number of hydrogen-bond acceptors (Lipinski definition) is 9. The maximum Gasteiger partial charge on any atom is 0.311 e. The van der Waals surface area contributed by atoms with E-state index in [1.165, 1.54) is 6.08 Å². The predicted octanol–water partition coefficient (Wildman–Crippen LogP) is 4.17. The number of carbonyl (C=O) groups is 4. The number of carbonyl (C=O) groups excluding carboxylic acids is 4. The summed E-state index contributed by atoms with van der Waals surface area (Å²) in [5.74, 6) is -1.54. The molecule has 0 bridgehead atoms. The highest BCUT2D eigenvalue weighted by molar-refractivity contribution is 5.90. The molecular weight excluding hydrogens is 478 g/mol. The molecule has 0 amide bonds. The van der Waals surface area contributed by atoms with Crippen molar-refractivity contribution in [3.63, 3.8) is 0 Å². The van der Waals surface area contributed by atoms with Crippen molar-refractivity contribution in [1.29, 1.82) is 0 Å². The van der Waals surface area contributed by atoms with E-state index in [-0.39, 0.29) is 18.4 Å². The first-order chi connectivity index (χ1) is 16.9. The quantitative estimate of drug-likeness (QED) is 0.374. The molecule has 210 valence electrons. The Morgan fingerprint density at radius 3 is 1.84 bits per heavy atom. The van der Waals surface area contributed by atoms with Crippen LogP contribution in [0.5, 0.6) is 0 Å². The maximum atomic E-state index is 13.1. The third kappa shape index (κ3) is 8.03. The van der Waals surface area contributed by atoms with Crippen molar-refractivity contribution in [3.05, 3.63) is 12.3 Å². The molecule has 0 radical (unpaired) electrons. The summed E-state index contributed by atoms with van der Waals surface area (Å²) in [6.45, 7) is 17.4. The highest BCUT2D eigenvalue weighted by Crippen LogP contribution is 2.34. The van der Waals surface area contributed by atoms with E-state index in [1.54, 1.807) is 68.5 Å². The van der Waals surface area contributed by atoms with Crippen LogP contribution in [0.25, 0.3) is 0 Å². The Morgan fingerprint density at radius 1 is 0.865 bits per heavy atom. The minimum atomic E-state index is -1.11. The molecule has 0 aliphatic carbocycles. The largest absolute Gasteiger partial charge is 0.455 e. The van der Waals surface area contributed by atoms with E-state index in [9.17, 15) is 19.2 Å². The van der Waals surface area contributed by atoms with Gasteiger partial charge in [0, 0.05) is 18.7 Å². The lowest BCUT2D eigenvalue weighted by molar-refractivity contribution is -0.256. The molecule has 2 heterocycles. The molecule has 37 heavy (non-hydrogen) atoms. The van der Waals surface area contributed by atoms with Crippen LogP contribution in [0.3, 0.4) is 0 Å². The van der Waals surface area contributed by atoms with E-state index >= 15 is 0 Å². The second-order valence-corrected chi connectivity index (χ2v) is 13.0. The first-order valence-corrected chi connectivity index (χ1v) is 13.1. The summed E-state index contributed by atoms with van der Waals surface area (Å²) < 4.78 is 23.9. The number of hydrogen-bond donors (Lipinski definition) is 0. The van der Waals surface area contributed by atoms with Crippen molar-refractivity contribution in [2.75, 3.05) is 6.61 Å². The second-order valence-electron chi connectivity index (χ2n) is 13.0. The predicted molar refractivity (Wildman–Crippen MR) is 137 cm³/mol. The lowest BCUT2D eigenvalue weighted by atomic mass is 9.93. The molecule has 0 saturated carbocycles. The molecule has 2 rings (SSSR count). The molecule has 0 unspecified atom stereocenters. The van der Waals surface area contributed by atoms with Crippen LogP contribution in [0.2, 0.25) is 0 Å². The van der Waals surface area contributed by atoms with Crippen molar-refractivity contribution < 1.29 is 38.1 Å². The Bertz CT molecular complexity index is 889. The zero-order valence-corrected chi connectivity index (χ0v) is 24.1. The van der Waals surface area contributed by atoms with Crippen molar-refractivity contribution in [2.45, 2.75) is 119 Å². The first-order valence-electron chi connectivity index (χ1n) is 13.1. The van der Waals surface area contributed by atoms with Gasteiger partial charge in [0.25, 0.3) is 0 Å². The van der Waals surface area contributed by atoms with Gasteiger partial charge in [-0.15, -0.1) is 0 Å². The van der Waals surface area contributed by atoms with Crippen LogP contribution in [-0.2, 0) is 38.1 Å². The fraction of sp³-hybridized carbons (Fsp3) is 0.786. The Kier molecular flexibility index (Phi) is 9.61. The normalized spacial score (nSPS) is 27.0. The topological polar surface area (TPSA) is 108 Å². The Balaban J connectivity index is 2.56.